The highest BCUT2D eigenvalue weighted by molar-refractivity contribution is 5.75. The van der Waals surface area contributed by atoms with E-state index < -0.39 is 11.4 Å². The third-order valence-corrected chi connectivity index (χ3v) is 4.09. The minimum Gasteiger partial charge on any atom is -0.481 e. The summed E-state index contributed by atoms with van der Waals surface area (Å²) >= 11 is 0. The monoisotopic (exact) mass is 256 g/mol. The van der Waals surface area contributed by atoms with E-state index in [0.29, 0.717) is 26.2 Å². The Labute approximate surface area is 109 Å². The van der Waals surface area contributed by atoms with E-state index in [9.17, 15) is 9.90 Å². The van der Waals surface area contributed by atoms with Gasteiger partial charge < -0.3 is 14.7 Å². The number of rotatable bonds is 5. The fourth-order valence-corrected chi connectivity index (χ4v) is 2.88. The average Bonchev–Trinajstić information content (AvgIpc) is 2.82. The van der Waals surface area contributed by atoms with E-state index in [1.807, 2.05) is 0 Å². The second kappa shape index (κ2) is 5.99. The summed E-state index contributed by atoms with van der Waals surface area (Å²) in [6.45, 7) is 9.03. The zero-order valence-corrected chi connectivity index (χ0v) is 11.2. The van der Waals surface area contributed by atoms with Crippen LogP contribution in [0.25, 0.3) is 0 Å². The zero-order chi connectivity index (χ0) is 13.0. The summed E-state index contributed by atoms with van der Waals surface area (Å²) in [5.41, 5.74) is -0.660. The Kier molecular flexibility index (Phi) is 4.59. The molecule has 0 bridgehead atoms. The highest BCUT2D eigenvalue weighted by Gasteiger charge is 2.44. The molecule has 2 aliphatic heterocycles. The lowest BCUT2D eigenvalue weighted by Crippen LogP contribution is -2.52. The molecule has 2 saturated heterocycles. The van der Waals surface area contributed by atoms with Gasteiger partial charge in [0, 0.05) is 39.3 Å². The zero-order valence-electron chi connectivity index (χ0n) is 11.2. The minimum absolute atomic E-state index is 0.373. The van der Waals surface area contributed by atoms with Gasteiger partial charge in [-0.15, -0.1) is 0 Å². The second-order valence-electron chi connectivity index (χ2n) is 5.51. The number of carboxylic acid groups (broad SMARTS) is 1. The molecule has 0 spiro atoms. The maximum absolute atomic E-state index is 11.4. The SMILES string of the molecule is CCCN1CCN(CC2(C(=O)O)CCOC2)CC1. The fourth-order valence-electron chi connectivity index (χ4n) is 2.88. The van der Waals surface area contributed by atoms with Gasteiger partial charge in [0.15, 0.2) is 0 Å². The molecule has 0 radical (unpaired) electrons. The van der Waals surface area contributed by atoms with Gasteiger partial charge in [0.2, 0.25) is 0 Å². The lowest BCUT2D eigenvalue weighted by Gasteiger charge is -2.38. The first-order valence-corrected chi connectivity index (χ1v) is 6.92. The molecule has 0 aromatic rings. The third-order valence-electron chi connectivity index (χ3n) is 4.09. The summed E-state index contributed by atoms with van der Waals surface area (Å²) in [4.78, 5) is 16.2. The van der Waals surface area contributed by atoms with E-state index in [0.717, 1.165) is 32.7 Å². The van der Waals surface area contributed by atoms with E-state index in [-0.39, 0.29) is 0 Å². The number of hydrogen-bond donors (Lipinski definition) is 1. The Morgan fingerprint density at radius 3 is 2.44 bits per heavy atom. The van der Waals surface area contributed by atoms with Gasteiger partial charge in [0.25, 0.3) is 0 Å². The number of carboxylic acids is 1. The van der Waals surface area contributed by atoms with Crippen molar-refractivity contribution in [2.45, 2.75) is 19.8 Å². The van der Waals surface area contributed by atoms with Gasteiger partial charge in [-0.2, -0.15) is 0 Å². The van der Waals surface area contributed by atoms with Gasteiger partial charge in [-0.05, 0) is 19.4 Å². The second-order valence-corrected chi connectivity index (χ2v) is 5.51. The maximum Gasteiger partial charge on any atom is 0.313 e. The molecule has 2 fully saturated rings. The molecule has 5 heteroatoms. The third kappa shape index (κ3) is 3.02. The Balaban J connectivity index is 1.85. The first kappa shape index (κ1) is 13.8. The molecule has 5 nitrogen and oxygen atoms in total. The molecule has 2 rings (SSSR count). The van der Waals surface area contributed by atoms with Crippen LogP contribution in [-0.4, -0.2) is 73.4 Å². The van der Waals surface area contributed by atoms with Crippen molar-refractivity contribution >= 4 is 5.97 Å². The van der Waals surface area contributed by atoms with Crippen LogP contribution < -0.4 is 0 Å². The lowest BCUT2D eigenvalue weighted by molar-refractivity contribution is -0.150. The van der Waals surface area contributed by atoms with Crippen LogP contribution >= 0.6 is 0 Å². The number of piperazine rings is 1. The molecule has 0 aromatic carbocycles. The normalized spacial score (nSPS) is 30.7. The fraction of sp³-hybridized carbons (Fsp3) is 0.923. The smallest absolute Gasteiger partial charge is 0.313 e. The standard InChI is InChI=1S/C13H24N2O3/c1-2-4-14-5-7-15(8-6-14)10-13(12(16)17)3-9-18-11-13/h2-11H2,1H3,(H,16,17). The summed E-state index contributed by atoms with van der Waals surface area (Å²) in [5.74, 6) is -0.698. The van der Waals surface area contributed by atoms with Crippen LogP contribution in [0.3, 0.4) is 0 Å². The molecule has 2 aliphatic rings. The molecule has 1 atom stereocenters. The molecule has 0 saturated carbocycles. The van der Waals surface area contributed by atoms with E-state index in [2.05, 4.69) is 16.7 Å². The Morgan fingerprint density at radius 2 is 1.94 bits per heavy atom. The number of ether oxygens (including phenoxy) is 1. The topological polar surface area (TPSA) is 53.0 Å². The highest BCUT2D eigenvalue weighted by atomic mass is 16.5. The van der Waals surface area contributed by atoms with Gasteiger partial charge in [-0.25, -0.2) is 0 Å². The molecule has 104 valence electrons. The number of aliphatic carboxylic acids is 1. The maximum atomic E-state index is 11.4. The predicted octanol–water partition coefficient (Wildman–Crippen LogP) is 0.505. The van der Waals surface area contributed by atoms with Gasteiger partial charge in [0.05, 0.1) is 6.61 Å². The molecule has 0 amide bonds. The van der Waals surface area contributed by atoms with Crippen LogP contribution in [0.5, 0.6) is 0 Å². The van der Waals surface area contributed by atoms with Crippen molar-refractivity contribution in [3.8, 4) is 0 Å². The van der Waals surface area contributed by atoms with Crippen molar-refractivity contribution in [1.29, 1.82) is 0 Å². The summed E-state index contributed by atoms with van der Waals surface area (Å²) in [5, 5.41) is 9.41. The summed E-state index contributed by atoms with van der Waals surface area (Å²) in [6, 6.07) is 0. The summed E-state index contributed by atoms with van der Waals surface area (Å²) in [7, 11) is 0. The van der Waals surface area contributed by atoms with Gasteiger partial charge in [0.1, 0.15) is 5.41 Å². The number of carbonyl (C=O) groups is 1. The first-order valence-electron chi connectivity index (χ1n) is 6.92. The quantitative estimate of drug-likeness (QED) is 0.776. The van der Waals surface area contributed by atoms with Crippen molar-refractivity contribution in [1.82, 2.24) is 9.80 Å². The van der Waals surface area contributed by atoms with E-state index >= 15 is 0 Å². The van der Waals surface area contributed by atoms with Gasteiger partial charge in [-0.3, -0.25) is 9.69 Å². The molecule has 2 heterocycles. The lowest BCUT2D eigenvalue weighted by atomic mass is 9.86. The minimum atomic E-state index is -0.698. The molecule has 18 heavy (non-hydrogen) atoms. The average molecular weight is 256 g/mol. The number of hydrogen-bond acceptors (Lipinski definition) is 4. The summed E-state index contributed by atoms with van der Waals surface area (Å²) in [6.07, 6.45) is 1.84. The summed E-state index contributed by atoms with van der Waals surface area (Å²) < 4.78 is 5.31. The van der Waals surface area contributed by atoms with Crippen molar-refractivity contribution in [3.05, 3.63) is 0 Å². The van der Waals surface area contributed by atoms with Crippen LogP contribution in [0.4, 0.5) is 0 Å². The van der Waals surface area contributed by atoms with Crippen LogP contribution in [-0.2, 0) is 9.53 Å². The molecule has 0 aliphatic carbocycles. The van der Waals surface area contributed by atoms with E-state index in [4.69, 9.17) is 4.74 Å². The van der Waals surface area contributed by atoms with Crippen molar-refractivity contribution in [3.63, 3.8) is 0 Å². The first-order chi connectivity index (χ1) is 8.66. The largest absolute Gasteiger partial charge is 0.481 e. The Hall–Kier alpha value is -0.650. The van der Waals surface area contributed by atoms with Crippen molar-refractivity contribution in [2.75, 3.05) is 52.5 Å². The van der Waals surface area contributed by atoms with E-state index in [1.54, 1.807) is 0 Å². The van der Waals surface area contributed by atoms with Crippen molar-refractivity contribution < 1.29 is 14.6 Å². The molecule has 0 aromatic heterocycles. The van der Waals surface area contributed by atoms with Crippen LogP contribution in [0.2, 0.25) is 0 Å². The Bertz CT molecular complexity index is 282. The van der Waals surface area contributed by atoms with Gasteiger partial charge >= 0.3 is 5.97 Å². The molecule has 1 N–H and O–H groups in total. The number of nitrogens with zero attached hydrogens (tertiary/aromatic N) is 2. The van der Waals surface area contributed by atoms with Crippen LogP contribution in [0, 0.1) is 5.41 Å². The van der Waals surface area contributed by atoms with Crippen LogP contribution in [0.15, 0.2) is 0 Å². The molecule has 1 unspecified atom stereocenters. The van der Waals surface area contributed by atoms with E-state index in [1.165, 1.54) is 6.42 Å². The highest BCUT2D eigenvalue weighted by Crippen LogP contribution is 2.30. The van der Waals surface area contributed by atoms with Crippen LogP contribution in [0.1, 0.15) is 19.8 Å². The van der Waals surface area contributed by atoms with Crippen molar-refractivity contribution in [2.24, 2.45) is 5.41 Å². The molecular weight excluding hydrogens is 232 g/mol. The Morgan fingerprint density at radius 1 is 1.28 bits per heavy atom. The predicted molar refractivity (Wildman–Crippen MR) is 68.7 cm³/mol. The molecular formula is C13H24N2O3. The van der Waals surface area contributed by atoms with Gasteiger partial charge in [-0.1, -0.05) is 6.92 Å².